The van der Waals surface area contributed by atoms with Gasteiger partial charge in [0.1, 0.15) is 0 Å². The smallest absolute Gasteiger partial charge is 0.227 e. The van der Waals surface area contributed by atoms with Gasteiger partial charge in [0.2, 0.25) is 5.91 Å². The van der Waals surface area contributed by atoms with Gasteiger partial charge in [-0.1, -0.05) is 6.07 Å². The molecule has 1 amide bonds. The molecule has 2 rings (SSSR count). The van der Waals surface area contributed by atoms with Crippen molar-refractivity contribution < 1.29 is 4.79 Å². The van der Waals surface area contributed by atoms with E-state index in [-0.39, 0.29) is 0 Å². The van der Waals surface area contributed by atoms with Crippen LogP contribution in [0.15, 0.2) is 17.5 Å². The number of carbonyl (C=O) groups is 1. The summed E-state index contributed by atoms with van der Waals surface area (Å²) in [6.07, 6.45) is 2.95. The Morgan fingerprint density at radius 1 is 1.46 bits per heavy atom. The lowest BCUT2D eigenvalue weighted by Crippen LogP contribution is -2.28. The van der Waals surface area contributed by atoms with Crippen LogP contribution in [0.3, 0.4) is 0 Å². The molecule has 1 aliphatic heterocycles. The van der Waals surface area contributed by atoms with Gasteiger partial charge in [0, 0.05) is 18.0 Å². The Labute approximate surface area is 82.2 Å². The number of nitrogens with zero attached hydrogens (tertiary/aromatic N) is 1. The van der Waals surface area contributed by atoms with Crippen LogP contribution in [-0.2, 0) is 11.2 Å². The number of thiophene rings is 1. The first-order chi connectivity index (χ1) is 6.36. The van der Waals surface area contributed by atoms with Crippen molar-refractivity contribution >= 4 is 17.2 Å². The van der Waals surface area contributed by atoms with Crippen LogP contribution in [0.1, 0.15) is 17.7 Å². The van der Waals surface area contributed by atoms with Crippen molar-refractivity contribution in [1.82, 2.24) is 4.90 Å². The standard InChI is InChI=1S/C10H13NOS/c12-10(11-5-1-2-6-11)8-9-4-3-7-13-9/h3-4,7H,1-2,5-6,8H2. The van der Waals surface area contributed by atoms with Gasteiger partial charge in [0.25, 0.3) is 0 Å². The van der Waals surface area contributed by atoms with Crippen LogP contribution in [-0.4, -0.2) is 23.9 Å². The molecule has 1 aliphatic rings. The van der Waals surface area contributed by atoms with Crippen LogP contribution in [0.5, 0.6) is 0 Å². The third-order valence-electron chi connectivity index (χ3n) is 2.36. The average molecular weight is 195 g/mol. The molecule has 1 saturated heterocycles. The van der Waals surface area contributed by atoms with Crippen molar-refractivity contribution in [2.75, 3.05) is 13.1 Å². The minimum atomic E-state index is 0.292. The Morgan fingerprint density at radius 2 is 2.23 bits per heavy atom. The number of rotatable bonds is 2. The summed E-state index contributed by atoms with van der Waals surface area (Å²) in [5.74, 6) is 0.292. The van der Waals surface area contributed by atoms with Gasteiger partial charge in [-0.05, 0) is 24.3 Å². The van der Waals surface area contributed by atoms with Crippen molar-refractivity contribution in [2.45, 2.75) is 19.3 Å². The molecule has 3 heteroatoms. The highest BCUT2D eigenvalue weighted by atomic mass is 32.1. The van der Waals surface area contributed by atoms with Crippen LogP contribution < -0.4 is 0 Å². The Kier molecular flexibility index (Phi) is 2.64. The molecule has 0 atom stereocenters. The van der Waals surface area contributed by atoms with Crippen LogP contribution in [0.4, 0.5) is 0 Å². The van der Waals surface area contributed by atoms with Gasteiger partial charge in [-0.25, -0.2) is 0 Å². The van der Waals surface area contributed by atoms with Gasteiger partial charge in [0.05, 0.1) is 6.42 Å². The molecule has 1 fully saturated rings. The van der Waals surface area contributed by atoms with E-state index in [1.807, 2.05) is 22.4 Å². The second kappa shape index (κ2) is 3.92. The van der Waals surface area contributed by atoms with E-state index in [0.717, 1.165) is 13.1 Å². The molecule has 1 aromatic heterocycles. The monoisotopic (exact) mass is 195 g/mol. The summed E-state index contributed by atoms with van der Waals surface area (Å²) < 4.78 is 0. The highest BCUT2D eigenvalue weighted by molar-refractivity contribution is 7.10. The summed E-state index contributed by atoms with van der Waals surface area (Å²) in [6, 6.07) is 4.02. The van der Waals surface area contributed by atoms with Crippen LogP contribution in [0, 0.1) is 0 Å². The predicted octanol–water partition coefficient (Wildman–Crippen LogP) is 1.91. The van der Waals surface area contributed by atoms with Crippen LogP contribution >= 0.6 is 11.3 Å². The van der Waals surface area contributed by atoms with Gasteiger partial charge < -0.3 is 4.90 Å². The van der Waals surface area contributed by atoms with Gasteiger partial charge in [-0.2, -0.15) is 0 Å². The summed E-state index contributed by atoms with van der Waals surface area (Å²) in [6.45, 7) is 1.93. The Bertz CT molecular complexity index is 275. The van der Waals surface area contributed by atoms with E-state index in [9.17, 15) is 4.79 Å². The quantitative estimate of drug-likeness (QED) is 0.706. The van der Waals surface area contributed by atoms with Gasteiger partial charge in [-0.3, -0.25) is 4.79 Å². The third-order valence-corrected chi connectivity index (χ3v) is 3.24. The Balaban J connectivity index is 1.91. The number of carbonyl (C=O) groups excluding carboxylic acids is 1. The lowest BCUT2D eigenvalue weighted by Gasteiger charge is -2.13. The second-order valence-electron chi connectivity index (χ2n) is 3.34. The largest absolute Gasteiger partial charge is 0.342 e. The number of likely N-dealkylation sites (tertiary alicyclic amines) is 1. The first kappa shape index (κ1) is 8.75. The normalized spacial score (nSPS) is 16.5. The molecule has 0 aliphatic carbocycles. The topological polar surface area (TPSA) is 20.3 Å². The summed E-state index contributed by atoms with van der Waals surface area (Å²) in [5, 5.41) is 2.02. The lowest BCUT2D eigenvalue weighted by molar-refractivity contribution is -0.129. The third kappa shape index (κ3) is 2.10. The SMILES string of the molecule is O=C(Cc1cccs1)N1CCCC1. The summed E-state index contributed by atoms with van der Waals surface area (Å²) in [4.78, 5) is 14.8. The fraction of sp³-hybridized carbons (Fsp3) is 0.500. The number of hydrogen-bond donors (Lipinski definition) is 0. The highest BCUT2D eigenvalue weighted by Crippen LogP contribution is 2.13. The van der Waals surface area contributed by atoms with Gasteiger partial charge >= 0.3 is 0 Å². The molecule has 2 nitrogen and oxygen atoms in total. The zero-order valence-electron chi connectivity index (χ0n) is 7.53. The van der Waals surface area contributed by atoms with E-state index in [2.05, 4.69) is 0 Å². The molecule has 0 saturated carbocycles. The minimum absolute atomic E-state index is 0.292. The molecule has 0 unspecified atom stereocenters. The van der Waals surface area contributed by atoms with Crippen LogP contribution in [0.25, 0.3) is 0 Å². The fourth-order valence-electron chi connectivity index (χ4n) is 1.64. The van der Waals surface area contributed by atoms with E-state index >= 15 is 0 Å². The molecule has 70 valence electrons. The zero-order chi connectivity index (χ0) is 9.10. The Morgan fingerprint density at radius 3 is 2.85 bits per heavy atom. The van der Waals surface area contributed by atoms with E-state index in [4.69, 9.17) is 0 Å². The first-order valence-electron chi connectivity index (χ1n) is 4.66. The van der Waals surface area contributed by atoms with E-state index in [1.54, 1.807) is 11.3 Å². The molecule has 0 N–H and O–H groups in total. The zero-order valence-corrected chi connectivity index (χ0v) is 8.35. The first-order valence-corrected chi connectivity index (χ1v) is 5.54. The van der Waals surface area contributed by atoms with E-state index in [1.165, 1.54) is 17.7 Å². The second-order valence-corrected chi connectivity index (χ2v) is 4.38. The summed E-state index contributed by atoms with van der Waals surface area (Å²) in [7, 11) is 0. The van der Waals surface area contributed by atoms with Crippen molar-refractivity contribution in [1.29, 1.82) is 0 Å². The molecule has 13 heavy (non-hydrogen) atoms. The Hall–Kier alpha value is -0.830. The summed E-state index contributed by atoms with van der Waals surface area (Å²) in [5.41, 5.74) is 0. The van der Waals surface area contributed by atoms with Crippen molar-refractivity contribution in [3.63, 3.8) is 0 Å². The van der Waals surface area contributed by atoms with Crippen LogP contribution in [0.2, 0.25) is 0 Å². The van der Waals surface area contributed by atoms with Gasteiger partial charge in [-0.15, -0.1) is 11.3 Å². The van der Waals surface area contributed by atoms with Crippen molar-refractivity contribution in [3.05, 3.63) is 22.4 Å². The molecular formula is C10H13NOS. The highest BCUT2D eigenvalue weighted by Gasteiger charge is 2.17. The molecule has 0 radical (unpaired) electrons. The van der Waals surface area contributed by atoms with Gasteiger partial charge in [0.15, 0.2) is 0 Å². The average Bonchev–Trinajstić information content (AvgIpc) is 2.74. The van der Waals surface area contributed by atoms with Crippen molar-refractivity contribution in [2.24, 2.45) is 0 Å². The predicted molar refractivity (Wildman–Crippen MR) is 53.8 cm³/mol. The van der Waals surface area contributed by atoms with E-state index in [0.29, 0.717) is 12.3 Å². The molecule has 0 aromatic carbocycles. The minimum Gasteiger partial charge on any atom is -0.342 e. The maximum Gasteiger partial charge on any atom is 0.227 e. The number of amides is 1. The maximum atomic E-state index is 11.6. The van der Waals surface area contributed by atoms with Crippen molar-refractivity contribution in [3.8, 4) is 0 Å². The molecular weight excluding hydrogens is 182 g/mol. The molecule has 0 bridgehead atoms. The molecule has 1 aromatic rings. The van der Waals surface area contributed by atoms with E-state index < -0.39 is 0 Å². The molecule has 2 heterocycles. The summed E-state index contributed by atoms with van der Waals surface area (Å²) >= 11 is 1.66. The maximum absolute atomic E-state index is 11.6. The molecule has 0 spiro atoms. The lowest BCUT2D eigenvalue weighted by atomic mass is 10.3. The number of hydrogen-bond acceptors (Lipinski definition) is 2. The fourth-order valence-corrected chi connectivity index (χ4v) is 2.34.